The highest BCUT2D eigenvalue weighted by Gasteiger charge is 2.41. The van der Waals surface area contributed by atoms with Crippen LogP contribution in [-0.2, 0) is 16.1 Å². The quantitative estimate of drug-likeness (QED) is 0.588. The highest BCUT2D eigenvalue weighted by Crippen LogP contribution is 2.38. The Morgan fingerprint density at radius 3 is 2.63 bits per heavy atom. The molecule has 38 heavy (non-hydrogen) atoms. The Morgan fingerprint density at radius 1 is 1.03 bits per heavy atom. The number of nitrogens with zero attached hydrogens (tertiary/aromatic N) is 3. The number of nitrogens with one attached hydrogen (secondary N) is 1. The topological polar surface area (TPSA) is 103 Å². The molecule has 3 aliphatic heterocycles. The lowest BCUT2D eigenvalue weighted by molar-refractivity contribution is -0.136. The summed E-state index contributed by atoms with van der Waals surface area (Å²) >= 11 is 6.08. The molecule has 1 N–H and O–H groups in total. The van der Waals surface area contributed by atoms with E-state index in [-0.39, 0.29) is 24.3 Å². The first kappa shape index (κ1) is 24.9. The standard InChI is InChI=1S/C29H29ClN4O4/c30-20-5-7-22(17(11-20)13-31)19-14-33(15-19)24-3-1-2-4-26(24)38-21-6-8-23-18(12-21)16-34(29(23)37)25-9-10-27(35)32-28(25)36/h5-8,11-12,19,24-26H,1-4,9-10,14-16H2,(H,32,35,36). The van der Waals surface area contributed by atoms with Crippen molar-refractivity contribution in [3.05, 3.63) is 63.7 Å². The van der Waals surface area contributed by atoms with Crippen LogP contribution in [0.1, 0.15) is 71.5 Å². The third-order valence-corrected chi connectivity index (χ3v) is 8.64. The van der Waals surface area contributed by atoms with Crippen LogP contribution < -0.4 is 10.1 Å². The molecule has 2 aromatic carbocycles. The fraction of sp³-hybridized carbons (Fsp3) is 0.448. The van der Waals surface area contributed by atoms with Gasteiger partial charge in [-0.05, 0) is 67.1 Å². The lowest BCUT2D eigenvalue weighted by Gasteiger charge is -2.48. The molecule has 3 amide bonds. The van der Waals surface area contributed by atoms with Gasteiger partial charge >= 0.3 is 0 Å². The number of likely N-dealkylation sites (tertiary alicyclic amines) is 1. The van der Waals surface area contributed by atoms with E-state index in [0.717, 1.165) is 55.6 Å². The van der Waals surface area contributed by atoms with Crippen LogP contribution in [0.15, 0.2) is 36.4 Å². The average Bonchev–Trinajstić information content (AvgIpc) is 3.20. The van der Waals surface area contributed by atoms with Crippen molar-refractivity contribution in [2.24, 2.45) is 0 Å². The number of hydrogen-bond acceptors (Lipinski definition) is 6. The molecule has 1 saturated carbocycles. The van der Waals surface area contributed by atoms with Gasteiger partial charge in [-0.2, -0.15) is 5.26 Å². The fourth-order valence-corrected chi connectivity index (χ4v) is 6.56. The monoisotopic (exact) mass is 532 g/mol. The molecule has 0 spiro atoms. The van der Waals surface area contributed by atoms with Gasteiger partial charge in [0.1, 0.15) is 17.9 Å². The van der Waals surface area contributed by atoms with Crippen LogP contribution in [-0.4, -0.2) is 58.8 Å². The number of fused-ring (bicyclic) bond motifs is 1. The Labute approximate surface area is 226 Å². The molecule has 4 aliphatic rings. The van der Waals surface area contributed by atoms with Crippen molar-refractivity contribution in [2.45, 2.75) is 69.2 Å². The maximum absolute atomic E-state index is 13.0. The Hall–Kier alpha value is -3.41. The van der Waals surface area contributed by atoms with E-state index in [0.29, 0.717) is 41.1 Å². The van der Waals surface area contributed by atoms with E-state index < -0.39 is 11.9 Å². The number of amides is 3. The van der Waals surface area contributed by atoms with Crippen LogP contribution in [0, 0.1) is 11.3 Å². The lowest BCUT2D eigenvalue weighted by atomic mass is 9.83. The molecule has 0 bridgehead atoms. The minimum absolute atomic E-state index is 0.0479. The van der Waals surface area contributed by atoms with E-state index in [9.17, 15) is 19.6 Å². The molecule has 3 fully saturated rings. The second-order valence-corrected chi connectivity index (χ2v) is 11.2. The number of nitriles is 1. The maximum Gasteiger partial charge on any atom is 0.255 e. The Kier molecular flexibility index (Phi) is 6.58. The molecule has 0 radical (unpaired) electrons. The first-order valence-electron chi connectivity index (χ1n) is 13.3. The number of halogens is 1. The van der Waals surface area contributed by atoms with E-state index in [1.54, 1.807) is 17.0 Å². The smallest absolute Gasteiger partial charge is 0.255 e. The summed E-state index contributed by atoms with van der Waals surface area (Å²) in [6.07, 6.45) is 4.94. The van der Waals surface area contributed by atoms with Crippen LogP contribution in [0.4, 0.5) is 0 Å². The van der Waals surface area contributed by atoms with Gasteiger partial charge in [0, 0.05) is 48.6 Å². The number of piperidine rings is 1. The van der Waals surface area contributed by atoms with Crippen molar-refractivity contribution in [3.8, 4) is 11.8 Å². The van der Waals surface area contributed by atoms with Gasteiger partial charge in [0.25, 0.3) is 5.91 Å². The molecule has 0 aromatic heterocycles. The van der Waals surface area contributed by atoms with E-state index in [2.05, 4.69) is 16.3 Å². The van der Waals surface area contributed by atoms with Crippen LogP contribution >= 0.6 is 11.6 Å². The van der Waals surface area contributed by atoms with Crippen LogP contribution in [0.2, 0.25) is 5.02 Å². The summed E-state index contributed by atoms with van der Waals surface area (Å²) in [7, 11) is 0. The van der Waals surface area contributed by atoms with Crippen LogP contribution in [0.3, 0.4) is 0 Å². The van der Waals surface area contributed by atoms with Gasteiger partial charge in [-0.15, -0.1) is 0 Å². The second kappa shape index (κ2) is 10.0. The number of rotatable bonds is 5. The number of carbonyl (C=O) groups is 3. The summed E-state index contributed by atoms with van der Waals surface area (Å²) in [5.74, 6) is 0.175. The molecular weight excluding hydrogens is 504 g/mol. The van der Waals surface area contributed by atoms with E-state index in [1.807, 2.05) is 24.3 Å². The van der Waals surface area contributed by atoms with Crippen molar-refractivity contribution in [1.82, 2.24) is 15.1 Å². The van der Waals surface area contributed by atoms with Crippen molar-refractivity contribution < 1.29 is 19.1 Å². The SMILES string of the molecule is N#Cc1cc(Cl)ccc1C1CN(C2CCCCC2Oc2ccc3c(c2)CN(C2CCC(=O)NC2=O)C3=O)C1. The summed E-state index contributed by atoms with van der Waals surface area (Å²) < 4.78 is 6.54. The van der Waals surface area contributed by atoms with Crippen molar-refractivity contribution >= 4 is 29.3 Å². The van der Waals surface area contributed by atoms with E-state index >= 15 is 0 Å². The number of imide groups is 1. The Morgan fingerprint density at radius 2 is 1.84 bits per heavy atom. The number of carbonyl (C=O) groups excluding carboxylic acids is 3. The van der Waals surface area contributed by atoms with Crippen molar-refractivity contribution in [2.75, 3.05) is 13.1 Å². The highest BCUT2D eigenvalue weighted by molar-refractivity contribution is 6.30. The summed E-state index contributed by atoms with van der Waals surface area (Å²) in [6.45, 7) is 2.11. The number of hydrogen-bond donors (Lipinski definition) is 1. The van der Waals surface area contributed by atoms with Crippen molar-refractivity contribution in [3.63, 3.8) is 0 Å². The predicted octanol–water partition coefficient (Wildman–Crippen LogP) is 3.76. The molecule has 196 valence electrons. The molecule has 2 saturated heterocycles. The Balaban J connectivity index is 1.12. The summed E-state index contributed by atoms with van der Waals surface area (Å²) in [4.78, 5) is 40.9. The zero-order valence-corrected chi connectivity index (χ0v) is 21.7. The van der Waals surface area contributed by atoms with Gasteiger partial charge in [0.15, 0.2) is 0 Å². The zero-order valence-electron chi connectivity index (χ0n) is 21.0. The van der Waals surface area contributed by atoms with Gasteiger partial charge in [-0.1, -0.05) is 24.1 Å². The number of ether oxygens (including phenoxy) is 1. The van der Waals surface area contributed by atoms with Gasteiger partial charge in [-0.3, -0.25) is 24.6 Å². The first-order chi connectivity index (χ1) is 18.4. The minimum atomic E-state index is -0.624. The molecule has 3 heterocycles. The number of benzene rings is 2. The minimum Gasteiger partial charge on any atom is -0.489 e. The molecule has 1 aliphatic carbocycles. The predicted molar refractivity (Wildman–Crippen MR) is 140 cm³/mol. The highest BCUT2D eigenvalue weighted by atomic mass is 35.5. The van der Waals surface area contributed by atoms with Crippen molar-refractivity contribution in [1.29, 1.82) is 5.26 Å². The summed E-state index contributed by atoms with van der Waals surface area (Å²) in [5, 5.41) is 12.5. The normalized spacial score (nSPS) is 25.9. The zero-order chi connectivity index (χ0) is 26.4. The molecule has 2 aromatic rings. The third kappa shape index (κ3) is 4.55. The first-order valence-corrected chi connectivity index (χ1v) is 13.7. The molecular formula is C29H29ClN4O4. The maximum atomic E-state index is 13.0. The fourth-order valence-electron chi connectivity index (χ4n) is 6.39. The molecule has 8 nitrogen and oxygen atoms in total. The van der Waals surface area contributed by atoms with Gasteiger partial charge < -0.3 is 9.64 Å². The summed E-state index contributed by atoms with van der Waals surface area (Å²) in [5.41, 5.74) is 3.15. The lowest BCUT2D eigenvalue weighted by Crippen LogP contribution is -2.57. The van der Waals surface area contributed by atoms with Crippen LogP contribution in [0.25, 0.3) is 0 Å². The molecule has 3 unspecified atom stereocenters. The van der Waals surface area contributed by atoms with Gasteiger partial charge in [0.2, 0.25) is 11.8 Å². The molecule has 9 heteroatoms. The average molecular weight is 533 g/mol. The molecule has 3 atom stereocenters. The second-order valence-electron chi connectivity index (χ2n) is 10.7. The Bertz CT molecular complexity index is 1350. The van der Waals surface area contributed by atoms with Crippen LogP contribution in [0.5, 0.6) is 5.75 Å². The van der Waals surface area contributed by atoms with Gasteiger partial charge in [0.05, 0.1) is 11.6 Å². The van der Waals surface area contributed by atoms with E-state index in [4.69, 9.17) is 16.3 Å². The summed E-state index contributed by atoms with van der Waals surface area (Å²) in [6, 6.07) is 13.1. The van der Waals surface area contributed by atoms with E-state index in [1.165, 1.54) is 0 Å². The largest absolute Gasteiger partial charge is 0.489 e. The molecule has 6 rings (SSSR count). The van der Waals surface area contributed by atoms with Gasteiger partial charge in [-0.25, -0.2) is 0 Å². The third-order valence-electron chi connectivity index (χ3n) is 8.40.